The highest BCUT2D eigenvalue weighted by atomic mass is 32.9. The highest BCUT2D eigenvalue weighted by Gasteiger charge is 2.01. The Kier molecular flexibility index (Phi) is 8.96. The zero-order valence-corrected chi connectivity index (χ0v) is 11.7. The second-order valence-corrected chi connectivity index (χ2v) is 14.0. The van der Waals surface area contributed by atoms with E-state index in [1.54, 1.807) is 0 Å². The number of hydrogen-bond acceptors (Lipinski definition) is 2. The number of rotatable bonds is 8. The Morgan fingerprint density at radius 2 is 1.54 bits per heavy atom. The van der Waals surface area contributed by atoms with E-state index in [0.717, 1.165) is 0 Å². The lowest BCUT2D eigenvalue weighted by Gasteiger charge is -2.08. The van der Waals surface area contributed by atoms with Gasteiger partial charge in [-0.2, -0.15) is 0 Å². The summed E-state index contributed by atoms with van der Waals surface area (Å²) in [5, 5.41) is -0.977. The van der Waals surface area contributed by atoms with Crippen molar-refractivity contribution in [3.8, 4) is 0 Å². The summed E-state index contributed by atoms with van der Waals surface area (Å²) in [5.74, 6) is 1.29. The predicted molar refractivity (Wildman–Crippen MR) is 72.0 cm³/mol. The van der Waals surface area contributed by atoms with Gasteiger partial charge in [0, 0.05) is 5.24 Å². The van der Waals surface area contributed by atoms with Crippen LogP contribution in [0.25, 0.3) is 0 Å². The third-order valence-corrected chi connectivity index (χ3v) is 6.35. The highest BCUT2D eigenvalue weighted by Crippen LogP contribution is 2.51. The van der Waals surface area contributed by atoms with Crippen LogP contribution in [0.1, 0.15) is 45.4 Å². The van der Waals surface area contributed by atoms with Gasteiger partial charge < -0.3 is 0 Å². The van der Waals surface area contributed by atoms with Gasteiger partial charge in [-0.15, -0.1) is 11.4 Å². The van der Waals surface area contributed by atoms with Crippen LogP contribution in [0, 0.1) is 0 Å². The average Bonchev–Trinajstić information content (AvgIpc) is 2.01. The molecule has 0 saturated heterocycles. The molecule has 0 aromatic heterocycles. The minimum atomic E-state index is -0.977. The molecule has 0 N–H and O–H groups in total. The molecule has 0 rings (SSSR count). The Morgan fingerprint density at radius 3 is 2.08 bits per heavy atom. The molecular weight excluding hydrogens is 215 g/mol. The molecule has 0 fully saturated rings. The van der Waals surface area contributed by atoms with Crippen LogP contribution in [-0.4, -0.2) is 19.1 Å². The summed E-state index contributed by atoms with van der Waals surface area (Å²) in [6, 6.07) is 0. The summed E-state index contributed by atoms with van der Waals surface area (Å²) in [7, 11) is 0. The van der Waals surface area contributed by atoms with Gasteiger partial charge in [-0.1, -0.05) is 50.8 Å². The molecule has 3 heteroatoms. The summed E-state index contributed by atoms with van der Waals surface area (Å²) < 4.78 is 0. The highest BCUT2D eigenvalue weighted by molar-refractivity contribution is 8.70. The Bertz CT molecular complexity index is 151. The minimum Gasteiger partial charge on any atom is -0.124 e. The van der Waals surface area contributed by atoms with Crippen LogP contribution in [0.15, 0.2) is 0 Å². The van der Waals surface area contributed by atoms with Crippen molar-refractivity contribution >= 4 is 28.4 Å². The van der Waals surface area contributed by atoms with E-state index >= 15 is 0 Å². The third kappa shape index (κ3) is 13.0. The van der Waals surface area contributed by atoms with Gasteiger partial charge in [0.05, 0.1) is 0 Å². The van der Waals surface area contributed by atoms with Crippen molar-refractivity contribution in [3.05, 3.63) is 0 Å². The number of unbranched alkanes of at least 4 members (excludes halogenated alkanes) is 5. The van der Waals surface area contributed by atoms with E-state index in [1.165, 1.54) is 44.3 Å². The maximum atomic E-state index is 5.38. The summed E-state index contributed by atoms with van der Waals surface area (Å²) >= 11 is 7.40. The van der Waals surface area contributed by atoms with Gasteiger partial charge in [0.1, 0.15) is 0 Å². The van der Waals surface area contributed by atoms with Crippen molar-refractivity contribution in [2.45, 2.75) is 45.4 Å². The van der Waals surface area contributed by atoms with Crippen LogP contribution in [0.5, 0.6) is 0 Å². The molecule has 0 aliphatic rings. The van der Waals surface area contributed by atoms with Crippen LogP contribution in [0.2, 0.25) is 0 Å². The molecule has 13 heavy (non-hydrogen) atoms. The molecule has 0 aromatic carbocycles. The van der Waals surface area contributed by atoms with Crippen LogP contribution >= 0.6 is 16.6 Å². The lowest BCUT2D eigenvalue weighted by Crippen LogP contribution is -1.81. The summed E-state index contributed by atoms with van der Waals surface area (Å²) in [4.78, 5) is 0. The first kappa shape index (κ1) is 14.0. The van der Waals surface area contributed by atoms with Crippen LogP contribution < -0.4 is 0 Å². The normalized spacial score (nSPS) is 11.9. The second-order valence-electron chi connectivity index (χ2n) is 3.85. The second kappa shape index (κ2) is 8.32. The van der Waals surface area contributed by atoms with Gasteiger partial charge in [0.15, 0.2) is 0 Å². The van der Waals surface area contributed by atoms with E-state index in [9.17, 15) is 0 Å². The maximum absolute atomic E-state index is 5.38. The predicted octanol–water partition coefficient (Wildman–Crippen LogP) is 4.73. The lowest BCUT2D eigenvalue weighted by atomic mass is 10.1. The van der Waals surface area contributed by atoms with Gasteiger partial charge in [-0.05, 0) is 25.5 Å². The lowest BCUT2D eigenvalue weighted by molar-refractivity contribution is 0.627. The Hall–Kier alpha value is 1.00. The molecular formula is C10H23PS2. The Balaban J connectivity index is 3.04. The smallest absolute Gasteiger partial charge is 0.000717 e. The van der Waals surface area contributed by atoms with E-state index in [4.69, 9.17) is 11.8 Å². The van der Waals surface area contributed by atoms with Gasteiger partial charge in [-0.25, -0.2) is 0 Å². The topological polar surface area (TPSA) is 0 Å². The largest absolute Gasteiger partial charge is 0.124 e. The fraction of sp³-hybridized carbons (Fsp3) is 1.00. The zero-order valence-electron chi connectivity index (χ0n) is 9.21. The van der Waals surface area contributed by atoms with Gasteiger partial charge in [0.2, 0.25) is 0 Å². The molecule has 0 spiro atoms. The summed E-state index contributed by atoms with van der Waals surface area (Å²) in [6.45, 7) is 6.72. The molecule has 0 unspecified atom stereocenters. The molecule has 80 valence electrons. The van der Waals surface area contributed by atoms with Crippen molar-refractivity contribution in [3.63, 3.8) is 0 Å². The van der Waals surface area contributed by atoms with Crippen molar-refractivity contribution in [2.24, 2.45) is 0 Å². The van der Waals surface area contributed by atoms with Gasteiger partial charge in [-0.3, -0.25) is 0 Å². The Labute approximate surface area is 93.0 Å². The van der Waals surface area contributed by atoms with Crippen molar-refractivity contribution in [1.82, 2.24) is 0 Å². The first-order valence-corrected chi connectivity index (χ1v) is 10.5. The minimum absolute atomic E-state index is 0.977. The summed E-state index contributed by atoms with van der Waals surface area (Å²) in [6.07, 6.45) is 8.38. The van der Waals surface area contributed by atoms with Crippen molar-refractivity contribution in [1.29, 1.82) is 0 Å². The fourth-order valence-electron chi connectivity index (χ4n) is 1.17. The first-order chi connectivity index (χ1) is 6.06. The zero-order chi connectivity index (χ0) is 10.2. The first-order valence-electron chi connectivity index (χ1n) is 5.26. The molecule has 0 atom stereocenters. The van der Waals surface area contributed by atoms with Gasteiger partial charge in [0.25, 0.3) is 0 Å². The molecule has 0 nitrogen and oxygen atoms in total. The quantitative estimate of drug-likeness (QED) is 0.443. The molecule has 0 saturated carbocycles. The molecule has 0 bridgehead atoms. The van der Waals surface area contributed by atoms with Crippen LogP contribution in [0.3, 0.4) is 0 Å². The van der Waals surface area contributed by atoms with Gasteiger partial charge >= 0.3 is 0 Å². The molecule has 0 heterocycles. The van der Waals surface area contributed by atoms with E-state index < -0.39 is 5.24 Å². The molecule has 0 amide bonds. The molecule has 0 aromatic rings. The third-order valence-electron chi connectivity index (χ3n) is 1.90. The van der Waals surface area contributed by atoms with E-state index in [-0.39, 0.29) is 0 Å². The van der Waals surface area contributed by atoms with E-state index in [1.807, 2.05) is 11.4 Å². The Morgan fingerprint density at radius 1 is 1.00 bits per heavy atom. The average molecular weight is 238 g/mol. The fourth-order valence-corrected chi connectivity index (χ4v) is 4.32. The molecule has 0 aliphatic carbocycles. The van der Waals surface area contributed by atoms with Crippen LogP contribution in [-0.2, 0) is 11.8 Å². The van der Waals surface area contributed by atoms with Crippen LogP contribution in [0.4, 0.5) is 0 Å². The molecule has 0 aliphatic heterocycles. The van der Waals surface area contributed by atoms with Crippen molar-refractivity contribution in [2.75, 3.05) is 19.1 Å². The number of hydrogen-bond donors (Lipinski definition) is 0. The van der Waals surface area contributed by atoms with E-state index in [2.05, 4.69) is 20.3 Å². The molecule has 0 radical (unpaired) electrons. The standard InChI is InChI=1S/C10H23PS2/c1-4-5-6-7-8-9-10-13-11(2,3)12/h4-10H2,1-3H3. The van der Waals surface area contributed by atoms with E-state index in [0.29, 0.717) is 0 Å². The monoisotopic (exact) mass is 238 g/mol. The SMILES string of the molecule is CCCCCCCCSP(C)(C)=S. The summed E-state index contributed by atoms with van der Waals surface area (Å²) in [5.41, 5.74) is 0. The van der Waals surface area contributed by atoms with Crippen molar-refractivity contribution < 1.29 is 0 Å². The maximum Gasteiger partial charge on any atom is 0.000717 e.